The molecule has 0 aliphatic rings. The number of ether oxygens (including phenoxy) is 1. The number of rotatable bonds is 6. The lowest BCUT2D eigenvalue weighted by Gasteiger charge is -2.20. The van der Waals surface area contributed by atoms with Crippen LogP contribution in [0.1, 0.15) is 11.1 Å². The number of thiophene rings is 1. The molecule has 5 aromatic carbocycles. The summed E-state index contributed by atoms with van der Waals surface area (Å²) < 4.78 is 51.5. The molecule has 0 aliphatic carbocycles. The van der Waals surface area contributed by atoms with Crippen molar-refractivity contribution in [2.45, 2.75) is 18.7 Å². The van der Waals surface area contributed by atoms with Crippen LogP contribution in [0.2, 0.25) is 0 Å². The Morgan fingerprint density at radius 3 is 2.07 bits per heavy atom. The smallest absolute Gasteiger partial charge is 0.418 e. The van der Waals surface area contributed by atoms with E-state index < -0.39 is 23.8 Å². The lowest BCUT2D eigenvalue weighted by atomic mass is 9.90. The summed E-state index contributed by atoms with van der Waals surface area (Å²) in [7, 11) is 0. The molecule has 0 radical (unpaired) electrons. The number of fused-ring (bicyclic) bond motifs is 4. The van der Waals surface area contributed by atoms with Crippen LogP contribution < -0.4 is 4.74 Å². The summed E-state index contributed by atoms with van der Waals surface area (Å²) in [6.07, 6.45) is -5.56. The van der Waals surface area contributed by atoms with Gasteiger partial charge in [-0.25, -0.2) is 4.79 Å². The Bertz CT molecular complexity index is 1930. The molecule has 0 amide bonds. The largest absolute Gasteiger partial charge is 0.478 e. The van der Waals surface area contributed by atoms with E-state index in [0.717, 1.165) is 27.0 Å². The van der Waals surface area contributed by atoms with Gasteiger partial charge in [-0.15, -0.1) is 11.3 Å². The van der Waals surface area contributed by atoms with E-state index in [1.807, 2.05) is 54.6 Å². The maximum atomic E-state index is 14.6. The molecular weight excluding hydrogens is 681 g/mol. The first-order chi connectivity index (χ1) is 19.6. The van der Waals surface area contributed by atoms with Crippen molar-refractivity contribution >= 4 is 80.1 Å². The number of hydrogen-bond acceptors (Lipinski definition) is 3. The minimum atomic E-state index is -4.55. The Morgan fingerprint density at radius 1 is 0.854 bits per heavy atom. The van der Waals surface area contributed by atoms with E-state index in [1.165, 1.54) is 6.07 Å². The van der Waals surface area contributed by atoms with E-state index in [4.69, 9.17) is 4.74 Å². The lowest BCUT2D eigenvalue weighted by molar-refractivity contribution is -0.145. The normalized spacial score (nSPS) is 12.7. The summed E-state index contributed by atoms with van der Waals surface area (Å²) in [5.41, 5.74) is 1.49. The van der Waals surface area contributed by atoms with Gasteiger partial charge in [0, 0.05) is 26.6 Å². The van der Waals surface area contributed by atoms with Crippen LogP contribution in [0.4, 0.5) is 13.2 Å². The Kier molecular flexibility index (Phi) is 7.30. The van der Waals surface area contributed by atoms with Crippen molar-refractivity contribution in [1.29, 1.82) is 0 Å². The second kappa shape index (κ2) is 10.8. The van der Waals surface area contributed by atoms with Gasteiger partial charge in [-0.1, -0.05) is 72.8 Å². The molecule has 9 heteroatoms. The van der Waals surface area contributed by atoms with Crippen LogP contribution >= 0.6 is 43.2 Å². The molecule has 0 bridgehead atoms. The first-order valence-corrected chi connectivity index (χ1v) is 14.9. The van der Waals surface area contributed by atoms with Crippen LogP contribution in [-0.2, 0) is 17.4 Å². The van der Waals surface area contributed by atoms with Crippen LogP contribution in [-0.4, -0.2) is 17.2 Å². The highest BCUT2D eigenvalue weighted by atomic mass is 79.9. The molecule has 3 nitrogen and oxygen atoms in total. The minimum Gasteiger partial charge on any atom is -0.478 e. The first-order valence-electron chi connectivity index (χ1n) is 12.5. The molecule has 0 spiro atoms. The third kappa shape index (κ3) is 5.11. The average Bonchev–Trinajstić information content (AvgIpc) is 3.31. The molecule has 0 saturated carbocycles. The Morgan fingerprint density at radius 2 is 1.44 bits per heavy atom. The van der Waals surface area contributed by atoms with Crippen LogP contribution in [0.25, 0.3) is 42.1 Å². The van der Waals surface area contributed by atoms with Gasteiger partial charge in [-0.05, 0) is 77.5 Å². The Labute approximate surface area is 253 Å². The highest BCUT2D eigenvalue weighted by Gasteiger charge is 2.37. The van der Waals surface area contributed by atoms with Crippen molar-refractivity contribution in [3.63, 3.8) is 0 Å². The number of carboxylic acid groups (broad SMARTS) is 1. The standard InChI is InChI=1S/C32H19Br2F3O3S/c33-22-15-18(16-23(34)29(22)40-24(31(38)39)14-17-8-2-1-3-9-17)26-19-10-4-5-11-20(19)28(32(35,36)37)30-27(26)21-12-6-7-13-25(21)41-30/h1-13,15-16,24H,14H2,(H,38,39)/t24-/m1/s1. The van der Waals surface area contributed by atoms with E-state index in [2.05, 4.69) is 31.9 Å². The van der Waals surface area contributed by atoms with E-state index in [0.29, 0.717) is 36.6 Å². The van der Waals surface area contributed by atoms with Crippen molar-refractivity contribution in [3.8, 4) is 16.9 Å². The van der Waals surface area contributed by atoms with Crippen molar-refractivity contribution in [2.24, 2.45) is 0 Å². The van der Waals surface area contributed by atoms with Gasteiger partial charge in [-0.3, -0.25) is 0 Å². The molecule has 0 fully saturated rings. The number of aliphatic carboxylic acids is 1. The predicted octanol–water partition coefficient (Wildman–Crippen LogP) is 10.5. The Hall–Kier alpha value is -3.40. The fourth-order valence-corrected chi connectivity index (χ4v) is 7.86. The van der Waals surface area contributed by atoms with Gasteiger partial charge in [0.15, 0.2) is 6.10 Å². The van der Waals surface area contributed by atoms with Gasteiger partial charge in [0.25, 0.3) is 0 Å². The molecule has 1 aromatic heterocycles. The fourth-order valence-electron chi connectivity index (χ4n) is 5.19. The van der Waals surface area contributed by atoms with Crippen LogP contribution in [0.5, 0.6) is 5.75 Å². The summed E-state index contributed by atoms with van der Waals surface area (Å²) >= 11 is 8.23. The number of carbonyl (C=O) groups is 1. The second-order valence-corrected chi connectivity index (χ2v) is 12.3. The van der Waals surface area contributed by atoms with E-state index in [-0.39, 0.29) is 16.5 Å². The Balaban J connectivity index is 1.56. The van der Waals surface area contributed by atoms with E-state index in [1.54, 1.807) is 30.3 Å². The molecule has 206 valence electrons. The third-order valence-corrected chi connectivity index (χ3v) is 9.27. The summed E-state index contributed by atoms with van der Waals surface area (Å²) in [5.74, 6) is -0.823. The maximum Gasteiger partial charge on any atom is 0.418 e. The summed E-state index contributed by atoms with van der Waals surface area (Å²) in [6.45, 7) is 0. The number of carboxylic acids is 1. The van der Waals surface area contributed by atoms with Gasteiger partial charge in [0.2, 0.25) is 0 Å². The van der Waals surface area contributed by atoms with Gasteiger partial charge in [0.1, 0.15) is 5.75 Å². The van der Waals surface area contributed by atoms with Crippen LogP contribution in [0.15, 0.2) is 99.9 Å². The van der Waals surface area contributed by atoms with Crippen LogP contribution in [0, 0.1) is 0 Å². The SMILES string of the molecule is O=C(O)[C@@H](Cc1ccccc1)Oc1c(Br)cc(-c2c3ccccc3c(C(F)(F)F)c3sc4ccccc4c23)cc1Br. The predicted molar refractivity (Wildman–Crippen MR) is 165 cm³/mol. The zero-order valence-electron chi connectivity index (χ0n) is 21.0. The number of alkyl halides is 3. The third-order valence-electron chi connectivity index (χ3n) is 6.91. The van der Waals surface area contributed by atoms with E-state index >= 15 is 0 Å². The van der Waals surface area contributed by atoms with Crippen molar-refractivity contribution < 1.29 is 27.8 Å². The molecule has 0 aliphatic heterocycles. The van der Waals surface area contributed by atoms with Crippen molar-refractivity contribution in [1.82, 2.24) is 0 Å². The maximum absolute atomic E-state index is 14.6. The fraction of sp³-hybridized carbons (Fsp3) is 0.0938. The van der Waals surface area contributed by atoms with Crippen molar-refractivity contribution in [2.75, 3.05) is 0 Å². The topological polar surface area (TPSA) is 46.5 Å². The lowest BCUT2D eigenvalue weighted by Crippen LogP contribution is -2.29. The molecule has 1 N–H and O–H groups in total. The van der Waals surface area contributed by atoms with Gasteiger partial charge in [-0.2, -0.15) is 13.2 Å². The zero-order chi connectivity index (χ0) is 28.9. The van der Waals surface area contributed by atoms with Gasteiger partial charge in [0.05, 0.1) is 14.5 Å². The minimum absolute atomic E-state index is 0.121. The van der Waals surface area contributed by atoms with Gasteiger partial charge < -0.3 is 9.84 Å². The second-order valence-electron chi connectivity index (χ2n) is 9.50. The van der Waals surface area contributed by atoms with Crippen molar-refractivity contribution in [3.05, 3.63) is 111 Å². The van der Waals surface area contributed by atoms with Crippen LogP contribution in [0.3, 0.4) is 0 Å². The molecule has 6 aromatic rings. The first kappa shape index (κ1) is 27.8. The summed E-state index contributed by atoms with van der Waals surface area (Å²) in [4.78, 5) is 12.1. The molecule has 41 heavy (non-hydrogen) atoms. The monoisotopic (exact) mass is 698 g/mol. The molecule has 1 heterocycles. The van der Waals surface area contributed by atoms with Gasteiger partial charge >= 0.3 is 12.1 Å². The average molecular weight is 700 g/mol. The summed E-state index contributed by atoms with van der Waals surface area (Å²) in [5, 5.41) is 11.7. The molecule has 1 atom stereocenters. The highest BCUT2D eigenvalue weighted by molar-refractivity contribution is 9.11. The van der Waals surface area contributed by atoms with E-state index in [9.17, 15) is 23.1 Å². The number of hydrogen-bond donors (Lipinski definition) is 1. The number of halogens is 5. The highest BCUT2D eigenvalue weighted by Crippen LogP contribution is 2.52. The quantitative estimate of drug-likeness (QED) is 0.188. The summed E-state index contributed by atoms with van der Waals surface area (Å²) in [6, 6.07) is 26.6. The molecular formula is C32H19Br2F3O3S. The zero-order valence-corrected chi connectivity index (χ0v) is 25.0. The molecule has 0 unspecified atom stereocenters. The molecule has 6 rings (SSSR count). The molecule has 0 saturated heterocycles. The number of benzene rings is 5.